The van der Waals surface area contributed by atoms with Crippen molar-refractivity contribution in [1.29, 1.82) is 0 Å². The minimum atomic E-state index is 0.496. The van der Waals surface area contributed by atoms with E-state index in [-0.39, 0.29) is 0 Å². The van der Waals surface area contributed by atoms with Gasteiger partial charge in [0.2, 0.25) is 0 Å². The summed E-state index contributed by atoms with van der Waals surface area (Å²) in [6, 6.07) is 0. The van der Waals surface area contributed by atoms with Crippen LogP contribution in [0.4, 0.5) is 0 Å². The molecule has 2 aliphatic carbocycles. The zero-order chi connectivity index (χ0) is 19.3. The van der Waals surface area contributed by atoms with Gasteiger partial charge in [-0.15, -0.1) is 0 Å². The van der Waals surface area contributed by atoms with Crippen molar-refractivity contribution in [1.82, 2.24) is 4.90 Å². The minimum absolute atomic E-state index is 0.496. The zero-order valence-corrected chi connectivity index (χ0v) is 17.3. The molecule has 0 amide bonds. The number of rotatable bonds is 5. The van der Waals surface area contributed by atoms with Crippen molar-refractivity contribution in [2.24, 2.45) is 5.41 Å². The van der Waals surface area contributed by atoms with Crippen LogP contribution in [-0.2, 0) is 0 Å². The molecule has 1 heteroatoms. The first kappa shape index (κ1) is 19.7. The molecular formula is C26H35N. The Kier molecular flexibility index (Phi) is 6.42. The largest absolute Gasteiger partial charge is 0.371 e. The lowest BCUT2D eigenvalue weighted by Crippen LogP contribution is -2.41. The number of nitrogens with zero attached hydrogens (tertiary/aromatic N) is 1. The molecule has 0 aromatic heterocycles. The molecule has 0 bridgehead atoms. The fourth-order valence-corrected chi connectivity index (χ4v) is 4.62. The third kappa shape index (κ3) is 4.83. The topological polar surface area (TPSA) is 3.24 Å². The summed E-state index contributed by atoms with van der Waals surface area (Å²) >= 11 is 0. The van der Waals surface area contributed by atoms with Crippen molar-refractivity contribution in [3.63, 3.8) is 0 Å². The predicted octanol–water partition coefficient (Wildman–Crippen LogP) is 7.05. The Labute approximate surface area is 166 Å². The third-order valence-electron chi connectivity index (χ3n) is 6.29. The molecule has 0 aromatic rings. The molecule has 3 rings (SSSR count). The molecule has 1 saturated heterocycles. The van der Waals surface area contributed by atoms with E-state index in [0.717, 1.165) is 37.2 Å². The van der Waals surface area contributed by atoms with Crippen LogP contribution in [0.5, 0.6) is 0 Å². The molecule has 0 saturated carbocycles. The molecule has 1 aliphatic heterocycles. The Morgan fingerprint density at radius 3 is 2.48 bits per heavy atom. The van der Waals surface area contributed by atoms with Crippen LogP contribution in [0, 0.1) is 5.41 Å². The van der Waals surface area contributed by atoms with Gasteiger partial charge >= 0.3 is 0 Å². The first-order valence-electron chi connectivity index (χ1n) is 10.6. The van der Waals surface area contributed by atoms with Crippen LogP contribution in [0.2, 0.25) is 0 Å². The first-order chi connectivity index (χ1) is 13.0. The summed E-state index contributed by atoms with van der Waals surface area (Å²) < 4.78 is 0. The molecule has 0 aromatic carbocycles. The van der Waals surface area contributed by atoms with Gasteiger partial charge in [0, 0.05) is 18.8 Å². The van der Waals surface area contributed by atoms with Crippen LogP contribution >= 0.6 is 0 Å². The summed E-state index contributed by atoms with van der Waals surface area (Å²) in [5, 5.41) is 0. The highest BCUT2D eigenvalue weighted by Crippen LogP contribution is 2.48. The van der Waals surface area contributed by atoms with Gasteiger partial charge < -0.3 is 4.90 Å². The molecule has 1 spiro atoms. The Morgan fingerprint density at radius 2 is 1.81 bits per heavy atom. The van der Waals surface area contributed by atoms with Crippen LogP contribution in [0.25, 0.3) is 0 Å². The Hall–Kier alpha value is -2.02. The fourth-order valence-electron chi connectivity index (χ4n) is 4.62. The van der Waals surface area contributed by atoms with Crippen molar-refractivity contribution < 1.29 is 0 Å². The van der Waals surface area contributed by atoms with Crippen molar-refractivity contribution in [2.45, 2.75) is 58.8 Å². The second-order valence-corrected chi connectivity index (χ2v) is 8.46. The van der Waals surface area contributed by atoms with Gasteiger partial charge in [0.05, 0.1) is 0 Å². The second-order valence-electron chi connectivity index (χ2n) is 8.46. The van der Waals surface area contributed by atoms with Gasteiger partial charge in [-0.3, -0.25) is 0 Å². The van der Waals surface area contributed by atoms with E-state index in [0.29, 0.717) is 5.41 Å². The van der Waals surface area contributed by atoms with E-state index in [2.05, 4.69) is 74.4 Å². The normalized spacial score (nSPS) is 22.3. The van der Waals surface area contributed by atoms with Crippen molar-refractivity contribution in [3.05, 3.63) is 83.7 Å². The molecule has 3 aliphatic rings. The summed E-state index contributed by atoms with van der Waals surface area (Å²) in [4.78, 5) is 2.49. The molecule has 1 heterocycles. The molecule has 0 atom stereocenters. The van der Waals surface area contributed by atoms with Gasteiger partial charge in [-0.1, -0.05) is 68.2 Å². The first-order valence-corrected chi connectivity index (χ1v) is 10.6. The third-order valence-corrected chi connectivity index (χ3v) is 6.29. The molecular weight excluding hydrogens is 326 g/mol. The maximum Gasteiger partial charge on any atom is 0.0366 e. The smallest absolute Gasteiger partial charge is 0.0366 e. The molecule has 0 N–H and O–H groups in total. The average Bonchev–Trinajstić information content (AvgIpc) is 2.89. The summed E-state index contributed by atoms with van der Waals surface area (Å²) in [5.41, 5.74) is 7.13. The number of allylic oxidation sites excluding steroid dienone is 10. The van der Waals surface area contributed by atoms with Crippen LogP contribution < -0.4 is 0 Å². The maximum absolute atomic E-state index is 4.43. The summed E-state index contributed by atoms with van der Waals surface area (Å²) in [6.45, 7) is 15.0. The lowest BCUT2D eigenvalue weighted by Gasteiger charge is -2.46. The predicted molar refractivity (Wildman–Crippen MR) is 118 cm³/mol. The van der Waals surface area contributed by atoms with E-state index >= 15 is 0 Å². The fraction of sp³-hybridized carbons (Fsp3) is 0.462. The summed E-state index contributed by atoms with van der Waals surface area (Å²) in [6.07, 6.45) is 24.5. The number of likely N-dealkylation sites (tertiary alicyclic amines) is 1. The lowest BCUT2D eigenvalue weighted by atomic mass is 9.66. The van der Waals surface area contributed by atoms with E-state index in [1.807, 2.05) is 0 Å². The summed E-state index contributed by atoms with van der Waals surface area (Å²) in [5.74, 6) is 0. The highest BCUT2D eigenvalue weighted by Gasteiger charge is 2.38. The van der Waals surface area contributed by atoms with E-state index in [1.54, 1.807) is 11.1 Å². The van der Waals surface area contributed by atoms with Gasteiger partial charge in [0.15, 0.2) is 0 Å². The molecule has 1 fully saturated rings. The van der Waals surface area contributed by atoms with Gasteiger partial charge in [0.25, 0.3) is 0 Å². The van der Waals surface area contributed by atoms with Crippen LogP contribution in [-0.4, -0.2) is 18.0 Å². The average molecular weight is 362 g/mol. The minimum Gasteiger partial charge on any atom is -0.371 e. The van der Waals surface area contributed by atoms with E-state index in [1.165, 1.54) is 37.7 Å². The molecule has 27 heavy (non-hydrogen) atoms. The standard InChI is InChI=1S/C26H35N/c1-5-6-10-24(19-21(2)3)22(4)27-17-15-26(16-18-27)14-13-23-11-8-7-9-12-25(23)20-26/h6,8-12,19H,2,4-5,7,13-18,20H2,1,3H3/b10-6-,24-19+. The zero-order valence-electron chi connectivity index (χ0n) is 17.3. The van der Waals surface area contributed by atoms with Crippen LogP contribution in [0.15, 0.2) is 83.7 Å². The van der Waals surface area contributed by atoms with E-state index < -0.39 is 0 Å². The quantitative estimate of drug-likeness (QED) is 0.474. The Morgan fingerprint density at radius 1 is 1.11 bits per heavy atom. The molecule has 144 valence electrons. The highest BCUT2D eigenvalue weighted by atomic mass is 15.1. The monoisotopic (exact) mass is 361 g/mol. The van der Waals surface area contributed by atoms with Gasteiger partial charge in [-0.05, 0) is 74.0 Å². The Balaban J connectivity index is 1.67. The van der Waals surface area contributed by atoms with Gasteiger partial charge in [0.1, 0.15) is 0 Å². The lowest BCUT2D eigenvalue weighted by molar-refractivity contribution is 0.114. The van der Waals surface area contributed by atoms with E-state index in [9.17, 15) is 0 Å². The SMILES string of the molecule is C=C(C)/C=C(\C=C/CC)C(=C)N1CCC2(CCC3=C(C=CCC=C3)C2)CC1. The van der Waals surface area contributed by atoms with Crippen LogP contribution in [0.3, 0.4) is 0 Å². The number of hydrogen-bond acceptors (Lipinski definition) is 1. The van der Waals surface area contributed by atoms with Crippen molar-refractivity contribution in [2.75, 3.05) is 13.1 Å². The van der Waals surface area contributed by atoms with Gasteiger partial charge in [-0.2, -0.15) is 0 Å². The van der Waals surface area contributed by atoms with Crippen LogP contribution in [0.1, 0.15) is 58.8 Å². The number of hydrogen-bond donors (Lipinski definition) is 0. The van der Waals surface area contributed by atoms with Crippen molar-refractivity contribution >= 4 is 0 Å². The molecule has 1 nitrogen and oxygen atoms in total. The molecule has 0 radical (unpaired) electrons. The summed E-state index contributed by atoms with van der Waals surface area (Å²) in [7, 11) is 0. The maximum atomic E-state index is 4.43. The highest BCUT2D eigenvalue weighted by molar-refractivity contribution is 5.42. The second kappa shape index (κ2) is 8.78. The van der Waals surface area contributed by atoms with Gasteiger partial charge in [-0.25, -0.2) is 0 Å². The van der Waals surface area contributed by atoms with E-state index in [4.69, 9.17) is 0 Å². The Bertz CT molecular complexity index is 730. The van der Waals surface area contributed by atoms with Crippen molar-refractivity contribution in [3.8, 4) is 0 Å². The number of piperidine rings is 1. The molecule has 0 unspecified atom stereocenters.